The monoisotopic (exact) mass is 566 g/mol. The third kappa shape index (κ3) is 18.8. The molecule has 0 aromatic heterocycles. The van der Waals surface area contributed by atoms with Crippen molar-refractivity contribution in [3.05, 3.63) is 42.8 Å². The van der Waals surface area contributed by atoms with E-state index in [9.17, 15) is 24.0 Å². The first-order valence-corrected chi connectivity index (χ1v) is 11.7. The number of carbonyl (C=O) groups is 5. The van der Waals surface area contributed by atoms with Gasteiger partial charge in [0.25, 0.3) is 0 Å². The van der Waals surface area contributed by atoms with Crippen LogP contribution < -0.4 is 119 Å². The van der Waals surface area contributed by atoms with Crippen molar-refractivity contribution in [2.75, 3.05) is 6.54 Å². The maximum Gasteiger partial charge on any atom is 1.00 e. The van der Waals surface area contributed by atoms with E-state index in [1.54, 1.807) is 20.8 Å². The third-order valence-corrected chi connectivity index (χ3v) is 4.79. The molecular formula is C26H38K2N3O6+. The molecule has 0 spiro atoms. The van der Waals surface area contributed by atoms with Gasteiger partial charge < -0.3 is 32.4 Å². The van der Waals surface area contributed by atoms with E-state index < -0.39 is 35.6 Å². The molecule has 0 heterocycles. The van der Waals surface area contributed by atoms with Crippen molar-refractivity contribution in [1.29, 1.82) is 0 Å². The molecule has 0 aliphatic carbocycles. The fourth-order valence-electron chi connectivity index (χ4n) is 3.22. The second-order valence-electron chi connectivity index (χ2n) is 9.86. The molecule has 37 heavy (non-hydrogen) atoms. The van der Waals surface area contributed by atoms with Crippen LogP contribution in [0.3, 0.4) is 0 Å². The molecule has 0 saturated heterocycles. The number of hydrogen-bond acceptors (Lipinski definition) is 6. The van der Waals surface area contributed by atoms with Gasteiger partial charge in [-0.15, -0.1) is 0 Å². The van der Waals surface area contributed by atoms with Crippen LogP contribution in [0.15, 0.2) is 30.3 Å². The van der Waals surface area contributed by atoms with Crippen molar-refractivity contribution < 1.29 is 131 Å². The number of benzene rings is 1. The summed E-state index contributed by atoms with van der Waals surface area (Å²) in [6, 6.07) is 7.33. The number of hydrogen-bond donors (Lipinski definition) is 3. The summed E-state index contributed by atoms with van der Waals surface area (Å²) in [4.78, 5) is 61.4. The molecule has 3 amide bonds. The van der Waals surface area contributed by atoms with Gasteiger partial charge in [-0.1, -0.05) is 44.2 Å². The molecule has 1 rings (SSSR count). The Bertz CT molecular complexity index is 888. The van der Waals surface area contributed by atoms with Gasteiger partial charge in [0.15, 0.2) is 5.78 Å². The Morgan fingerprint density at radius 2 is 1.51 bits per heavy atom. The van der Waals surface area contributed by atoms with Crippen molar-refractivity contribution >= 4 is 29.5 Å². The van der Waals surface area contributed by atoms with Gasteiger partial charge >= 0.3 is 109 Å². The van der Waals surface area contributed by atoms with Crippen molar-refractivity contribution in [3.8, 4) is 0 Å². The number of alkyl carbamates (subject to hydrolysis) is 1. The van der Waals surface area contributed by atoms with Gasteiger partial charge in [-0.25, -0.2) is 4.79 Å². The van der Waals surface area contributed by atoms with E-state index in [1.807, 2.05) is 44.2 Å². The molecule has 194 valence electrons. The van der Waals surface area contributed by atoms with Crippen LogP contribution in [-0.2, 0) is 30.3 Å². The molecule has 9 nitrogen and oxygen atoms in total. The standard InChI is InChI=1S/C26H38N3O6.2K/c1-17(2)14-20(22(31)13-12-18(3)30)29-24(33)21(15-19-10-8-7-9-11-19)28-23(32)16-27-25(34)35-26(4,5)6;;/h7-11,17,20-21H,3,12-16H2,1-2,4-6H3,(H,27,34)(H,28,32)(H,29,33);;/q-1;2*+1. The topological polar surface area (TPSA) is 131 Å². The first-order chi connectivity index (χ1) is 16.3. The van der Waals surface area contributed by atoms with Crippen molar-refractivity contribution in [2.24, 2.45) is 5.92 Å². The molecule has 0 aliphatic rings. The molecule has 2 atom stereocenters. The molecule has 0 fully saturated rings. The van der Waals surface area contributed by atoms with Crippen LogP contribution in [0.1, 0.15) is 59.4 Å². The zero-order valence-electron chi connectivity index (χ0n) is 23.3. The predicted octanol–water partition coefficient (Wildman–Crippen LogP) is -3.47. The average molecular weight is 567 g/mol. The molecule has 11 heteroatoms. The van der Waals surface area contributed by atoms with Gasteiger partial charge in [-0.3, -0.25) is 14.4 Å². The van der Waals surface area contributed by atoms with Crippen LogP contribution in [0.2, 0.25) is 0 Å². The summed E-state index contributed by atoms with van der Waals surface area (Å²) in [5.74, 6) is -1.61. The van der Waals surface area contributed by atoms with E-state index in [1.165, 1.54) is 0 Å². The van der Waals surface area contributed by atoms with Gasteiger partial charge in [0.2, 0.25) is 11.8 Å². The SMILES string of the molecule is [CH2-]C(=O)CCC(=O)C(CC(C)C)NC(=O)C(Cc1ccccc1)NC(=O)CNC(=O)OC(C)(C)C.[K+].[K+]. The smallest absolute Gasteiger partial charge is 0.444 e. The number of Topliss-reactive ketones (excluding diaryl/α,β-unsaturated/α-hetero) is 2. The zero-order valence-corrected chi connectivity index (χ0v) is 29.6. The van der Waals surface area contributed by atoms with E-state index in [2.05, 4.69) is 22.9 Å². The fraction of sp³-hybridized carbons (Fsp3) is 0.538. The summed E-state index contributed by atoms with van der Waals surface area (Å²) in [6.45, 7) is 11.9. The maximum absolute atomic E-state index is 13.2. The molecule has 0 bridgehead atoms. The number of ketones is 2. The molecule has 0 saturated carbocycles. The van der Waals surface area contributed by atoms with E-state index in [0.29, 0.717) is 6.42 Å². The Morgan fingerprint density at radius 3 is 2.03 bits per heavy atom. The predicted molar refractivity (Wildman–Crippen MR) is 132 cm³/mol. The number of carbonyl (C=O) groups excluding carboxylic acids is 5. The van der Waals surface area contributed by atoms with Crippen LogP contribution in [0.5, 0.6) is 0 Å². The van der Waals surface area contributed by atoms with Crippen molar-refractivity contribution in [1.82, 2.24) is 16.0 Å². The molecule has 1 aromatic carbocycles. The largest absolute Gasteiger partial charge is 1.00 e. The normalized spacial score (nSPS) is 12.2. The third-order valence-electron chi connectivity index (χ3n) is 4.79. The minimum Gasteiger partial charge on any atom is -0.444 e. The zero-order chi connectivity index (χ0) is 26.6. The first-order valence-electron chi connectivity index (χ1n) is 11.7. The summed E-state index contributed by atoms with van der Waals surface area (Å²) >= 11 is 0. The minimum absolute atomic E-state index is 0. The minimum atomic E-state index is -0.984. The van der Waals surface area contributed by atoms with Crippen LogP contribution in [-0.4, -0.2) is 53.7 Å². The van der Waals surface area contributed by atoms with E-state index >= 15 is 0 Å². The van der Waals surface area contributed by atoms with Crippen LogP contribution in [0.4, 0.5) is 4.79 Å². The van der Waals surface area contributed by atoms with Gasteiger partial charge in [0, 0.05) is 12.8 Å². The number of rotatable bonds is 13. The summed E-state index contributed by atoms with van der Waals surface area (Å²) < 4.78 is 5.12. The van der Waals surface area contributed by atoms with E-state index in [4.69, 9.17) is 4.74 Å². The Kier molecular flexibility index (Phi) is 21.0. The molecule has 0 aliphatic heterocycles. The average Bonchev–Trinajstić information content (AvgIpc) is 2.74. The summed E-state index contributed by atoms with van der Waals surface area (Å²) in [7, 11) is 0. The maximum atomic E-state index is 13.2. The molecule has 2 unspecified atom stereocenters. The fourth-order valence-corrected chi connectivity index (χ4v) is 3.22. The molecule has 3 N–H and O–H groups in total. The second kappa shape index (κ2) is 19.9. The Hall–Kier alpha value is -0.0873. The molecule has 1 aromatic rings. The van der Waals surface area contributed by atoms with E-state index in [-0.39, 0.29) is 146 Å². The van der Waals surface area contributed by atoms with E-state index in [0.717, 1.165) is 5.56 Å². The van der Waals surface area contributed by atoms with Crippen LogP contribution in [0.25, 0.3) is 0 Å². The quantitative estimate of drug-likeness (QED) is 0.168. The van der Waals surface area contributed by atoms with Gasteiger partial charge in [-0.2, -0.15) is 0 Å². The Balaban J connectivity index is 0. The van der Waals surface area contributed by atoms with Crippen molar-refractivity contribution in [3.63, 3.8) is 0 Å². The summed E-state index contributed by atoms with van der Waals surface area (Å²) in [5, 5.41) is 7.74. The molecular weight excluding hydrogens is 528 g/mol. The van der Waals surface area contributed by atoms with Gasteiger partial charge in [0.05, 0.1) is 6.04 Å². The number of nitrogens with one attached hydrogen (secondary N) is 3. The number of amides is 3. The Labute approximate surface area is 305 Å². The second-order valence-corrected chi connectivity index (χ2v) is 9.86. The Morgan fingerprint density at radius 1 is 0.919 bits per heavy atom. The van der Waals surface area contributed by atoms with Crippen LogP contribution >= 0.6 is 0 Å². The van der Waals surface area contributed by atoms with Crippen LogP contribution in [0, 0.1) is 12.8 Å². The number of ether oxygens (including phenoxy) is 1. The van der Waals surface area contributed by atoms with Gasteiger partial charge in [0.1, 0.15) is 18.2 Å². The summed E-state index contributed by atoms with van der Waals surface area (Å²) in [6.07, 6.45) is -0.189. The first kappa shape index (κ1) is 39.1. The summed E-state index contributed by atoms with van der Waals surface area (Å²) in [5.41, 5.74) is 0.0922. The van der Waals surface area contributed by atoms with Gasteiger partial charge in [-0.05, 0) is 50.9 Å². The van der Waals surface area contributed by atoms with Crippen molar-refractivity contribution in [2.45, 2.75) is 78.0 Å². The molecule has 0 radical (unpaired) electrons.